The van der Waals surface area contributed by atoms with Gasteiger partial charge in [-0.25, -0.2) is 4.39 Å². The van der Waals surface area contributed by atoms with Gasteiger partial charge in [0, 0.05) is 23.2 Å². The first kappa shape index (κ1) is 16.0. The second-order valence-electron chi connectivity index (χ2n) is 6.83. The summed E-state index contributed by atoms with van der Waals surface area (Å²) in [5.41, 5.74) is 2.60. The molecule has 0 aliphatic carbocycles. The fraction of sp³-hybridized carbons (Fsp3) is 0.286. The summed E-state index contributed by atoms with van der Waals surface area (Å²) in [6, 6.07) is 14.3. The van der Waals surface area contributed by atoms with E-state index in [1.54, 1.807) is 4.57 Å². The number of carbonyl (C=O) groups is 1. The van der Waals surface area contributed by atoms with Crippen molar-refractivity contribution in [2.75, 3.05) is 13.6 Å². The average Bonchev–Trinajstić information content (AvgIpc) is 3.20. The number of likely N-dealkylation sites (N-methyl/N-ethyl adjacent to an activating group) is 1. The van der Waals surface area contributed by atoms with Gasteiger partial charge in [-0.1, -0.05) is 18.2 Å². The summed E-state index contributed by atoms with van der Waals surface area (Å²) in [4.78, 5) is 15.3. The highest BCUT2D eigenvalue weighted by molar-refractivity contribution is 6.03. The van der Waals surface area contributed by atoms with Gasteiger partial charge in [-0.2, -0.15) is 0 Å². The van der Waals surface area contributed by atoms with Crippen LogP contribution in [-0.2, 0) is 6.42 Å². The third kappa shape index (κ3) is 2.98. The molecule has 3 aromatic rings. The number of benzene rings is 2. The Kier molecular flexibility index (Phi) is 4.14. The molecule has 0 amide bonds. The Morgan fingerprint density at radius 1 is 1.16 bits per heavy atom. The lowest BCUT2D eigenvalue weighted by Gasteiger charge is -2.18. The van der Waals surface area contributed by atoms with Crippen LogP contribution in [0.1, 0.15) is 28.8 Å². The van der Waals surface area contributed by atoms with Crippen LogP contribution in [0.2, 0.25) is 0 Å². The number of para-hydroxylation sites is 1. The Labute approximate surface area is 146 Å². The summed E-state index contributed by atoms with van der Waals surface area (Å²) in [5, 5.41) is 1.12. The third-order valence-electron chi connectivity index (χ3n) is 5.23. The van der Waals surface area contributed by atoms with Crippen LogP contribution in [0.5, 0.6) is 0 Å². The van der Waals surface area contributed by atoms with E-state index in [9.17, 15) is 9.18 Å². The molecule has 0 radical (unpaired) electrons. The SMILES string of the molecule is CN1CCC[C@@H]1Cc1cn(C(=O)c2ccc(F)cc2)c2ccccc12. The number of hydrogen-bond acceptors (Lipinski definition) is 2. The van der Waals surface area contributed by atoms with Crippen LogP contribution in [-0.4, -0.2) is 35.0 Å². The van der Waals surface area contributed by atoms with Gasteiger partial charge in [-0.3, -0.25) is 9.36 Å². The maximum Gasteiger partial charge on any atom is 0.262 e. The lowest BCUT2D eigenvalue weighted by Crippen LogP contribution is -2.26. The van der Waals surface area contributed by atoms with E-state index in [0.717, 1.165) is 23.9 Å². The molecule has 0 spiro atoms. The maximum absolute atomic E-state index is 13.2. The smallest absolute Gasteiger partial charge is 0.262 e. The van der Waals surface area contributed by atoms with E-state index in [0.29, 0.717) is 11.6 Å². The summed E-state index contributed by atoms with van der Waals surface area (Å²) in [7, 11) is 2.17. The molecule has 2 heterocycles. The van der Waals surface area contributed by atoms with Crippen molar-refractivity contribution in [1.29, 1.82) is 0 Å². The zero-order valence-corrected chi connectivity index (χ0v) is 14.3. The predicted octanol–water partition coefficient (Wildman–Crippen LogP) is 4.11. The first-order valence-electron chi connectivity index (χ1n) is 8.73. The standard InChI is InChI=1S/C21H21FN2O/c1-23-12-4-5-18(23)13-16-14-24(20-7-3-2-6-19(16)20)21(25)15-8-10-17(22)11-9-15/h2-3,6-11,14,18H,4-5,12-13H2,1H3/t18-/m1/s1. The second-order valence-corrected chi connectivity index (χ2v) is 6.83. The van der Waals surface area contributed by atoms with Gasteiger partial charge in [-0.05, 0) is 68.8 Å². The number of likely N-dealkylation sites (tertiary alicyclic amines) is 1. The monoisotopic (exact) mass is 336 g/mol. The van der Waals surface area contributed by atoms with Crippen LogP contribution in [0, 0.1) is 5.82 Å². The molecule has 128 valence electrons. The third-order valence-corrected chi connectivity index (χ3v) is 5.23. The van der Waals surface area contributed by atoms with Crippen molar-refractivity contribution in [1.82, 2.24) is 9.47 Å². The summed E-state index contributed by atoms with van der Waals surface area (Å²) < 4.78 is 14.9. The van der Waals surface area contributed by atoms with Crippen molar-refractivity contribution in [2.24, 2.45) is 0 Å². The van der Waals surface area contributed by atoms with Crippen LogP contribution in [0.15, 0.2) is 54.7 Å². The Morgan fingerprint density at radius 3 is 2.64 bits per heavy atom. The molecular weight excluding hydrogens is 315 g/mol. The highest BCUT2D eigenvalue weighted by Crippen LogP contribution is 2.27. The molecule has 1 aromatic heterocycles. The number of aromatic nitrogens is 1. The van der Waals surface area contributed by atoms with E-state index in [1.165, 1.54) is 42.7 Å². The molecular formula is C21H21FN2O. The van der Waals surface area contributed by atoms with Crippen LogP contribution >= 0.6 is 0 Å². The second kappa shape index (κ2) is 6.45. The molecule has 0 N–H and O–H groups in total. The Hall–Kier alpha value is -2.46. The molecule has 1 aliphatic rings. The molecule has 25 heavy (non-hydrogen) atoms. The van der Waals surface area contributed by atoms with Crippen molar-refractivity contribution in [3.8, 4) is 0 Å². The van der Waals surface area contributed by atoms with Gasteiger partial charge in [-0.15, -0.1) is 0 Å². The van der Waals surface area contributed by atoms with Gasteiger partial charge >= 0.3 is 0 Å². The largest absolute Gasteiger partial charge is 0.303 e. The number of fused-ring (bicyclic) bond motifs is 1. The topological polar surface area (TPSA) is 25.2 Å². The minimum absolute atomic E-state index is 0.123. The number of rotatable bonds is 3. The molecule has 4 heteroatoms. The summed E-state index contributed by atoms with van der Waals surface area (Å²) in [6.45, 7) is 1.14. The Bertz CT molecular complexity index is 913. The van der Waals surface area contributed by atoms with Gasteiger partial charge in [0.05, 0.1) is 5.52 Å². The van der Waals surface area contributed by atoms with Gasteiger partial charge in [0.15, 0.2) is 0 Å². The first-order valence-corrected chi connectivity index (χ1v) is 8.73. The van der Waals surface area contributed by atoms with E-state index >= 15 is 0 Å². The van der Waals surface area contributed by atoms with Crippen molar-refractivity contribution >= 4 is 16.8 Å². The average molecular weight is 336 g/mol. The zero-order chi connectivity index (χ0) is 17.4. The first-order chi connectivity index (χ1) is 12.1. The van der Waals surface area contributed by atoms with Crippen LogP contribution in [0.25, 0.3) is 10.9 Å². The lowest BCUT2D eigenvalue weighted by atomic mass is 10.0. The molecule has 0 bridgehead atoms. The lowest BCUT2D eigenvalue weighted by molar-refractivity contribution is 0.0964. The van der Waals surface area contributed by atoms with E-state index in [2.05, 4.69) is 18.0 Å². The molecule has 4 rings (SSSR count). The highest BCUT2D eigenvalue weighted by Gasteiger charge is 2.23. The molecule has 1 fully saturated rings. The normalized spacial score (nSPS) is 18.1. The molecule has 0 saturated carbocycles. The van der Waals surface area contributed by atoms with Crippen molar-refractivity contribution < 1.29 is 9.18 Å². The number of hydrogen-bond donors (Lipinski definition) is 0. The van der Waals surface area contributed by atoms with Gasteiger partial charge in [0.2, 0.25) is 0 Å². The Morgan fingerprint density at radius 2 is 1.92 bits per heavy atom. The highest BCUT2D eigenvalue weighted by atomic mass is 19.1. The van der Waals surface area contributed by atoms with Crippen LogP contribution < -0.4 is 0 Å². The van der Waals surface area contributed by atoms with Crippen LogP contribution in [0.4, 0.5) is 4.39 Å². The molecule has 1 saturated heterocycles. The fourth-order valence-electron chi connectivity index (χ4n) is 3.80. The zero-order valence-electron chi connectivity index (χ0n) is 14.3. The molecule has 0 unspecified atom stereocenters. The van der Waals surface area contributed by atoms with Gasteiger partial charge in [0.25, 0.3) is 5.91 Å². The minimum atomic E-state index is -0.334. The predicted molar refractivity (Wildman–Crippen MR) is 97.4 cm³/mol. The van der Waals surface area contributed by atoms with Crippen molar-refractivity contribution in [3.63, 3.8) is 0 Å². The van der Waals surface area contributed by atoms with E-state index in [1.807, 2.05) is 24.4 Å². The van der Waals surface area contributed by atoms with Gasteiger partial charge in [0.1, 0.15) is 5.82 Å². The minimum Gasteiger partial charge on any atom is -0.303 e. The molecule has 1 atom stereocenters. The summed E-state index contributed by atoms with van der Waals surface area (Å²) >= 11 is 0. The molecule has 1 aliphatic heterocycles. The summed E-state index contributed by atoms with van der Waals surface area (Å²) in [5.74, 6) is -0.457. The van der Waals surface area contributed by atoms with Gasteiger partial charge < -0.3 is 4.90 Å². The number of halogens is 1. The van der Waals surface area contributed by atoms with E-state index in [-0.39, 0.29) is 11.7 Å². The summed E-state index contributed by atoms with van der Waals surface area (Å²) in [6.07, 6.45) is 5.33. The van der Waals surface area contributed by atoms with Crippen molar-refractivity contribution in [3.05, 3.63) is 71.7 Å². The molecule has 3 nitrogen and oxygen atoms in total. The van der Waals surface area contributed by atoms with Crippen LogP contribution in [0.3, 0.4) is 0 Å². The number of nitrogens with zero attached hydrogens (tertiary/aromatic N) is 2. The molecule has 2 aromatic carbocycles. The fourth-order valence-corrected chi connectivity index (χ4v) is 3.80. The number of carbonyl (C=O) groups excluding carboxylic acids is 1. The maximum atomic E-state index is 13.2. The Balaban J connectivity index is 1.74. The van der Waals surface area contributed by atoms with Crippen molar-refractivity contribution in [2.45, 2.75) is 25.3 Å². The van der Waals surface area contributed by atoms with E-state index in [4.69, 9.17) is 0 Å². The quantitative estimate of drug-likeness (QED) is 0.719. The van der Waals surface area contributed by atoms with E-state index < -0.39 is 0 Å².